The molecule has 0 saturated carbocycles. The molecule has 0 saturated heterocycles. The zero-order chi connectivity index (χ0) is 32.1. The molecule has 2 heterocycles. The first-order valence-corrected chi connectivity index (χ1v) is 16.0. The number of benzene rings is 6. The van der Waals surface area contributed by atoms with E-state index in [-0.39, 0.29) is 0 Å². The quantitative estimate of drug-likeness (QED) is 0.179. The van der Waals surface area contributed by atoms with Crippen LogP contribution >= 0.6 is 0 Å². The highest BCUT2D eigenvalue weighted by Gasteiger charge is 2.13. The molecule has 4 nitrogen and oxygen atoms in total. The first kappa shape index (κ1) is 28.9. The van der Waals surface area contributed by atoms with Crippen LogP contribution < -0.4 is 0 Å². The highest BCUT2D eigenvalue weighted by molar-refractivity contribution is 5.75. The molecule has 0 amide bonds. The molecule has 0 aliphatic carbocycles. The van der Waals surface area contributed by atoms with Crippen molar-refractivity contribution in [2.45, 2.75) is 0 Å². The molecule has 0 radical (unpaired) electrons. The van der Waals surface area contributed by atoms with Crippen LogP contribution in [0.3, 0.4) is 0 Å². The van der Waals surface area contributed by atoms with Crippen LogP contribution in [0.4, 0.5) is 0 Å². The molecule has 4 heteroatoms. The Morgan fingerprint density at radius 1 is 0.208 bits per heavy atom. The van der Waals surface area contributed by atoms with Crippen LogP contribution in [0.25, 0.3) is 78.7 Å². The average molecular weight is 615 g/mol. The van der Waals surface area contributed by atoms with Gasteiger partial charge in [-0.25, -0.2) is 15.0 Å². The molecule has 8 rings (SSSR count). The van der Waals surface area contributed by atoms with Crippen molar-refractivity contribution in [2.24, 2.45) is 0 Å². The zero-order valence-electron chi connectivity index (χ0n) is 26.1. The number of aromatic nitrogens is 4. The summed E-state index contributed by atoms with van der Waals surface area (Å²) in [7, 11) is 0. The second-order valence-corrected chi connectivity index (χ2v) is 11.6. The monoisotopic (exact) mass is 614 g/mol. The van der Waals surface area contributed by atoms with Crippen molar-refractivity contribution < 1.29 is 0 Å². The standard InChI is InChI=1S/C44H30N4/c1-3-7-31(8-4-1)32-19-23-40(24-20-32)43-46-42(39-9-5-2-6-10-39)47-44(48-43)41-25-21-36(22-26-41)35-13-11-33(12-14-35)34-15-17-37(18-16-34)38-27-29-45-30-28-38/h1-30H. The molecule has 6 aromatic carbocycles. The second-order valence-electron chi connectivity index (χ2n) is 11.6. The highest BCUT2D eigenvalue weighted by Crippen LogP contribution is 2.30. The van der Waals surface area contributed by atoms with Crippen LogP contribution in [0, 0.1) is 0 Å². The van der Waals surface area contributed by atoms with Gasteiger partial charge in [0.15, 0.2) is 17.5 Å². The molecule has 0 spiro atoms. The van der Waals surface area contributed by atoms with Crippen molar-refractivity contribution in [3.8, 4) is 78.7 Å². The van der Waals surface area contributed by atoms with Crippen molar-refractivity contribution in [1.29, 1.82) is 0 Å². The van der Waals surface area contributed by atoms with Crippen molar-refractivity contribution >= 4 is 0 Å². The fourth-order valence-electron chi connectivity index (χ4n) is 5.86. The van der Waals surface area contributed by atoms with Gasteiger partial charge in [0.2, 0.25) is 0 Å². The van der Waals surface area contributed by atoms with E-state index in [0.29, 0.717) is 17.5 Å². The zero-order valence-corrected chi connectivity index (χ0v) is 26.1. The van der Waals surface area contributed by atoms with E-state index in [0.717, 1.165) is 38.9 Å². The minimum absolute atomic E-state index is 0.642. The van der Waals surface area contributed by atoms with Gasteiger partial charge in [0.25, 0.3) is 0 Å². The third kappa shape index (κ3) is 6.15. The summed E-state index contributed by atoms with van der Waals surface area (Å²) in [5.74, 6) is 1.94. The summed E-state index contributed by atoms with van der Waals surface area (Å²) in [5.41, 5.74) is 12.2. The highest BCUT2D eigenvalue weighted by atomic mass is 15.0. The van der Waals surface area contributed by atoms with Gasteiger partial charge in [0.05, 0.1) is 0 Å². The molecule has 0 N–H and O–H groups in total. The number of nitrogens with zero attached hydrogens (tertiary/aromatic N) is 4. The van der Waals surface area contributed by atoms with E-state index < -0.39 is 0 Å². The van der Waals surface area contributed by atoms with E-state index in [2.05, 4.69) is 126 Å². The van der Waals surface area contributed by atoms with Gasteiger partial charge < -0.3 is 0 Å². The maximum atomic E-state index is 4.95. The molecule has 0 bridgehead atoms. The summed E-state index contributed by atoms with van der Waals surface area (Å²) in [6.07, 6.45) is 3.65. The van der Waals surface area contributed by atoms with Crippen LogP contribution in [-0.4, -0.2) is 19.9 Å². The van der Waals surface area contributed by atoms with Crippen LogP contribution in [0.15, 0.2) is 182 Å². The smallest absolute Gasteiger partial charge is 0.164 e. The lowest BCUT2D eigenvalue weighted by Gasteiger charge is -2.10. The minimum Gasteiger partial charge on any atom is -0.265 e. The lowest BCUT2D eigenvalue weighted by Crippen LogP contribution is -2.00. The van der Waals surface area contributed by atoms with Gasteiger partial charge >= 0.3 is 0 Å². The number of hydrogen-bond acceptors (Lipinski definition) is 4. The third-order valence-corrected chi connectivity index (χ3v) is 8.51. The first-order valence-electron chi connectivity index (χ1n) is 16.0. The lowest BCUT2D eigenvalue weighted by atomic mass is 9.98. The molecule has 0 fully saturated rings. The van der Waals surface area contributed by atoms with Crippen molar-refractivity contribution in [3.63, 3.8) is 0 Å². The maximum absolute atomic E-state index is 4.95. The normalized spacial score (nSPS) is 10.9. The summed E-state index contributed by atoms with van der Waals surface area (Å²) in [5, 5.41) is 0. The lowest BCUT2D eigenvalue weighted by molar-refractivity contribution is 1.07. The van der Waals surface area contributed by atoms with Crippen molar-refractivity contribution in [3.05, 3.63) is 182 Å². The van der Waals surface area contributed by atoms with E-state index in [1.54, 1.807) is 0 Å². The Bertz CT molecular complexity index is 2270. The van der Waals surface area contributed by atoms with Gasteiger partial charge in [-0.2, -0.15) is 0 Å². The molecule has 0 atom stereocenters. The van der Waals surface area contributed by atoms with Gasteiger partial charge in [-0.05, 0) is 56.6 Å². The fraction of sp³-hybridized carbons (Fsp3) is 0. The number of rotatable bonds is 7. The van der Waals surface area contributed by atoms with E-state index in [1.165, 1.54) is 22.3 Å². The Morgan fingerprint density at radius 3 is 0.771 bits per heavy atom. The summed E-state index contributed by atoms with van der Waals surface area (Å²) in [4.78, 5) is 18.9. The summed E-state index contributed by atoms with van der Waals surface area (Å²) < 4.78 is 0. The maximum Gasteiger partial charge on any atom is 0.164 e. The van der Waals surface area contributed by atoms with Crippen LogP contribution in [-0.2, 0) is 0 Å². The SMILES string of the molecule is c1ccc(-c2ccc(-c3nc(-c4ccccc4)nc(-c4ccc(-c5ccc(-c6ccc(-c7ccncc7)cc6)cc5)cc4)n3)cc2)cc1. The van der Waals surface area contributed by atoms with Gasteiger partial charge in [0, 0.05) is 29.1 Å². The Kier molecular flexibility index (Phi) is 7.87. The third-order valence-electron chi connectivity index (χ3n) is 8.51. The molecular formula is C44H30N4. The summed E-state index contributed by atoms with van der Waals surface area (Å²) >= 11 is 0. The largest absolute Gasteiger partial charge is 0.265 e. The molecule has 0 unspecified atom stereocenters. The molecular weight excluding hydrogens is 585 g/mol. The van der Waals surface area contributed by atoms with Gasteiger partial charge in [-0.3, -0.25) is 4.98 Å². The average Bonchev–Trinajstić information content (AvgIpc) is 3.19. The molecule has 0 aliphatic rings. The summed E-state index contributed by atoms with van der Waals surface area (Å²) in [6, 6.07) is 58.7. The first-order chi connectivity index (χ1) is 23.8. The predicted octanol–water partition coefficient (Wildman–Crippen LogP) is 10.9. The van der Waals surface area contributed by atoms with E-state index in [1.807, 2.05) is 60.9 Å². The Hall–Kier alpha value is -6.52. The molecule has 48 heavy (non-hydrogen) atoms. The Balaban J connectivity index is 1.07. The van der Waals surface area contributed by atoms with Gasteiger partial charge in [0.1, 0.15) is 0 Å². The number of pyridine rings is 1. The van der Waals surface area contributed by atoms with E-state index >= 15 is 0 Å². The Labute approximate surface area is 280 Å². The topological polar surface area (TPSA) is 51.6 Å². The molecule has 2 aromatic heterocycles. The molecule has 226 valence electrons. The van der Waals surface area contributed by atoms with Crippen LogP contribution in [0.1, 0.15) is 0 Å². The van der Waals surface area contributed by atoms with Crippen molar-refractivity contribution in [1.82, 2.24) is 19.9 Å². The van der Waals surface area contributed by atoms with Crippen molar-refractivity contribution in [2.75, 3.05) is 0 Å². The van der Waals surface area contributed by atoms with Gasteiger partial charge in [-0.15, -0.1) is 0 Å². The summed E-state index contributed by atoms with van der Waals surface area (Å²) in [6.45, 7) is 0. The van der Waals surface area contributed by atoms with Crippen LogP contribution in [0.2, 0.25) is 0 Å². The predicted molar refractivity (Wildman–Crippen MR) is 196 cm³/mol. The van der Waals surface area contributed by atoms with Gasteiger partial charge in [-0.1, -0.05) is 158 Å². The van der Waals surface area contributed by atoms with E-state index in [4.69, 9.17) is 15.0 Å². The number of hydrogen-bond donors (Lipinski definition) is 0. The molecule has 0 aliphatic heterocycles. The minimum atomic E-state index is 0.642. The molecule has 8 aromatic rings. The Morgan fingerprint density at radius 2 is 0.438 bits per heavy atom. The van der Waals surface area contributed by atoms with E-state index in [9.17, 15) is 0 Å². The fourth-order valence-corrected chi connectivity index (χ4v) is 5.86. The second kappa shape index (κ2) is 13.1. The van der Waals surface area contributed by atoms with Crippen LogP contribution in [0.5, 0.6) is 0 Å².